The lowest BCUT2D eigenvalue weighted by atomic mass is 10.1. The smallest absolute Gasteiger partial charge is 0.132 e. The monoisotopic (exact) mass is 232 g/mol. The van der Waals surface area contributed by atoms with Gasteiger partial charge in [0.1, 0.15) is 17.3 Å². The molecule has 88 valence electrons. The average Bonchev–Trinajstić information content (AvgIpc) is 2.31. The van der Waals surface area contributed by atoms with Crippen molar-refractivity contribution in [3.05, 3.63) is 59.4 Å². The number of hydrogen-bond donors (Lipinski definition) is 1. The van der Waals surface area contributed by atoms with Crippen LogP contribution in [0, 0.1) is 12.7 Å². The van der Waals surface area contributed by atoms with Gasteiger partial charge in [-0.05, 0) is 25.1 Å². The summed E-state index contributed by atoms with van der Waals surface area (Å²) in [5.74, 6) is 0.618. The van der Waals surface area contributed by atoms with E-state index in [0.717, 1.165) is 5.56 Å². The third-order valence-electron chi connectivity index (χ3n) is 2.41. The minimum Gasteiger partial charge on any atom is -0.457 e. The van der Waals surface area contributed by atoms with Crippen molar-refractivity contribution < 1.29 is 14.2 Å². The molecule has 2 nitrogen and oxygen atoms in total. The Kier molecular flexibility index (Phi) is 3.40. The van der Waals surface area contributed by atoms with Crippen LogP contribution in [0.1, 0.15) is 11.1 Å². The molecule has 2 aromatic carbocycles. The third-order valence-corrected chi connectivity index (χ3v) is 2.41. The first kappa shape index (κ1) is 11.6. The number of benzene rings is 2. The molecule has 0 aliphatic carbocycles. The zero-order valence-electron chi connectivity index (χ0n) is 9.48. The van der Waals surface area contributed by atoms with Crippen LogP contribution < -0.4 is 4.74 Å². The molecule has 2 aromatic rings. The van der Waals surface area contributed by atoms with Gasteiger partial charge in [0.15, 0.2) is 0 Å². The molecule has 0 radical (unpaired) electrons. The van der Waals surface area contributed by atoms with Gasteiger partial charge in [-0.1, -0.05) is 23.8 Å². The maximum atomic E-state index is 13.0. The predicted molar refractivity (Wildman–Crippen MR) is 63.6 cm³/mol. The molecule has 0 amide bonds. The Morgan fingerprint density at radius 2 is 2.00 bits per heavy atom. The standard InChI is InChI=1S/C14H13FO2/c1-10-5-6-14(11(7-10)9-16)17-13-4-2-3-12(15)8-13/h2-8,16H,9H2,1H3. The van der Waals surface area contributed by atoms with Crippen LogP contribution in [0.3, 0.4) is 0 Å². The summed E-state index contributed by atoms with van der Waals surface area (Å²) in [6.07, 6.45) is 0. The van der Waals surface area contributed by atoms with Crippen LogP contribution in [0.5, 0.6) is 11.5 Å². The normalized spacial score (nSPS) is 10.3. The molecule has 0 heterocycles. The fraction of sp³-hybridized carbons (Fsp3) is 0.143. The van der Waals surface area contributed by atoms with Crippen molar-refractivity contribution in [2.45, 2.75) is 13.5 Å². The highest BCUT2D eigenvalue weighted by Crippen LogP contribution is 2.26. The van der Waals surface area contributed by atoms with E-state index in [1.807, 2.05) is 19.1 Å². The van der Waals surface area contributed by atoms with Crippen molar-refractivity contribution in [3.63, 3.8) is 0 Å². The summed E-state index contributed by atoms with van der Waals surface area (Å²) in [6.45, 7) is 1.83. The van der Waals surface area contributed by atoms with E-state index < -0.39 is 0 Å². The van der Waals surface area contributed by atoms with E-state index in [1.165, 1.54) is 12.1 Å². The molecule has 0 fully saturated rings. The Morgan fingerprint density at radius 1 is 1.18 bits per heavy atom. The quantitative estimate of drug-likeness (QED) is 0.878. The fourth-order valence-corrected chi connectivity index (χ4v) is 1.59. The molecule has 3 heteroatoms. The van der Waals surface area contributed by atoms with Gasteiger partial charge in [0.05, 0.1) is 6.61 Å². The Balaban J connectivity index is 2.29. The molecule has 0 bridgehead atoms. The molecule has 0 aliphatic rings. The third kappa shape index (κ3) is 2.82. The summed E-state index contributed by atoms with van der Waals surface area (Å²) in [7, 11) is 0. The Bertz CT molecular complexity index is 523. The van der Waals surface area contributed by atoms with Gasteiger partial charge in [-0.25, -0.2) is 4.39 Å². The summed E-state index contributed by atoms with van der Waals surface area (Å²) in [4.78, 5) is 0. The summed E-state index contributed by atoms with van der Waals surface area (Å²) in [6, 6.07) is 11.4. The van der Waals surface area contributed by atoms with Crippen LogP contribution in [-0.4, -0.2) is 5.11 Å². The first-order chi connectivity index (χ1) is 8.19. The lowest BCUT2D eigenvalue weighted by Gasteiger charge is -2.10. The lowest BCUT2D eigenvalue weighted by Crippen LogP contribution is -1.92. The second-order valence-corrected chi connectivity index (χ2v) is 3.83. The molecule has 0 aromatic heterocycles. The van der Waals surface area contributed by atoms with Gasteiger partial charge in [-0.15, -0.1) is 0 Å². The summed E-state index contributed by atoms with van der Waals surface area (Å²) >= 11 is 0. The number of aliphatic hydroxyl groups is 1. The van der Waals surface area contributed by atoms with Crippen LogP contribution in [-0.2, 0) is 6.61 Å². The number of aryl methyl sites for hydroxylation is 1. The van der Waals surface area contributed by atoms with E-state index in [9.17, 15) is 9.50 Å². The van der Waals surface area contributed by atoms with Crippen LogP contribution >= 0.6 is 0 Å². The van der Waals surface area contributed by atoms with Crippen LogP contribution in [0.25, 0.3) is 0 Å². The molecular formula is C14H13FO2. The van der Waals surface area contributed by atoms with Crippen LogP contribution in [0.15, 0.2) is 42.5 Å². The largest absolute Gasteiger partial charge is 0.457 e. The Hall–Kier alpha value is -1.87. The molecular weight excluding hydrogens is 219 g/mol. The number of aliphatic hydroxyl groups excluding tert-OH is 1. The maximum Gasteiger partial charge on any atom is 0.132 e. The van der Waals surface area contributed by atoms with Crippen LogP contribution in [0.2, 0.25) is 0 Å². The van der Waals surface area contributed by atoms with Gasteiger partial charge < -0.3 is 9.84 Å². The van der Waals surface area contributed by atoms with Gasteiger partial charge in [0.25, 0.3) is 0 Å². The van der Waals surface area contributed by atoms with Gasteiger partial charge in [0.2, 0.25) is 0 Å². The zero-order valence-corrected chi connectivity index (χ0v) is 9.48. The van der Waals surface area contributed by atoms with E-state index >= 15 is 0 Å². The molecule has 0 aliphatic heterocycles. The number of rotatable bonds is 3. The molecule has 0 unspecified atom stereocenters. The van der Waals surface area contributed by atoms with Crippen molar-refractivity contribution in [2.75, 3.05) is 0 Å². The van der Waals surface area contributed by atoms with E-state index in [4.69, 9.17) is 4.74 Å². The molecule has 0 spiro atoms. The molecule has 1 N–H and O–H groups in total. The topological polar surface area (TPSA) is 29.5 Å². The first-order valence-corrected chi connectivity index (χ1v) is 5.33. The minimum absolute atomic E-state index is 0.105. The highest BCUT2D eigenvalue weighted by atomic mass is 19.1. The second-order valence-electron chi connectivity index (χ2n) is 3.83. The molecule has 0 saturated heterocycles. The van der Waals surface area contributed by atoms with E-state index in [2.05, 4.69) is 0 Å². The number of hydrogen-bond acceptors (Lipinski definition) is 2. The predicted octanol–water partition coefficient (Wildman–Crippen LogP) is 3.42. The van der Waals surface area contributed by atoms with Crippen molar-refractivity contribution in [3.8, 4) is 11.5 Å². The van der Waals surface area contributed by atoms with Crippen molar-refractivity contribution in [1.82, 2.24) is 0 Å². The van der Waals surface area contributed by atoms with Gasteiger partial charge in [0, 0.05) is 11.6 Å². The highest BCUT2D eigenvalue weighted by Gasteiger charge is 2.05. The summed E-state index contributed by atoms with van der Waals surface area (Å²) in [5, 5.41) is 9.22. The van der Waals surface area contributed by atoms with Crippen LogP contribution in [0.4, 0.5) is 4.39 Å². The molecule has 0 saturated carbocycles. The molecule has 2 rings (SSSR count). The maximum absolute atomic E-state index is 13.0. The molecule has 0 atom stereocenters. The minimum atomic E-state index is -0.347. The average molecular weight is 232 g/mol. The van der Waals surface area contributed by atoms with E-state index in [1.54, 1.807) is 18.2 Å². The van der Waals surface area contributed by atoms with Gasteiger partial charge >= 0.3 is 0 Å². The van der Waals surface area contributed by atoms with Gasteiger partial charge in [-0.2, -0.15) is 0 Å². The lowest BCUT2D eigenvalue weighted by molar-refractivity contribution is 0.276. The Morgan fingerprint density at radius 3 is 2.71 bits per heavy atom. The summed E-state index contributed by atoms with van der Waals surface area (Å²) < 4.78 is 18.5. The van der Waals surface area contributed by atoms with E-state index in [-0.39, 0.29) is 12.4 Å². The zero-order chi connectivity index (χ0) is 12.3. The number of ether oxygens (including phenoxy) is 1. The van der Waals surface area contributed by atoms with E-state index in [0.29, 0.717) is 17.1 Å². The first-order valence-electron chi connectivity index (χ1n) is 5.33. The van der Waals surface area contributed by atoms with Crippen molar-refractivity contribution in [2.24, 2.45) is 0 Å². The molecule has 17 heavy (non-hydrogen) atoms. The Labute approximate surface area is 99.3 Å². The van der Waals surface area contributed by atoms with Crippen molar-refractivity contribution in [1.29, 1.82) is 0 Å². The number of halogens is 1. The van der Waals surface area contributed by atoms with Crippen molar-refractivity contribution >= 4 is 0 Å². The summed E-state index contributed by atoms with van der Waals surface area (Å²) in [5.41, 5.74) is 1.73. The van der Waals surface area contributed by atoms with Gasteiger partial charge in [-0.3, -0.25) is 0 Å². The SMILES string of the molecule is Cc1ccc(Oc2cccc(F)c2)c(CO)c1. The highest BCUT2D eigenvalue weighted by molar-refractivity contribution is 5.39. The fourth-order valence-electron chi connectivity index (χ4n) is 1.59. The second kappa shape index (κ2) is 4.97.